The van der Waals surface area contributed by atoms with Crippen molar-refractivity contribution in [2.75, 3.05) is 13.1 Å². The van der Waals surface area contributed by atoms with Crippen LogP contribution in [-0.4, -0.2) is 69.5 Å². The summed E-state index contributed by atoms with van der Waals surface area (Å²) in [6.07, 6.45) is 3.93. The van der Waals surface area contributed by atoms with E-state index < -0.39 is 35.8 Å². The van der Waals surface area contributed by atoms with Gasteiger partial charge in [0.15, 0.2) is 5.78 Å². The van der Waals surface area contributed by atoms with E-state index in [0.717, 1.165) is 16.7 Å². The highest BCUT2D eigenvalue weighted by Gasteiger charge is 2.52. The molecule has 0 spiro atoms. The van der Waals surface area contributed by atoms with Crippen molar-refractivity contribution in [1.29, 1.82) is 0 Å². The first kappa shape index (κ1) is 28.9. The minimum absolute atomic E-state index is 0.0685. The van der Waals surface area contributed by atoms with Gasteiger partial charge in [0.25, 0.3) is 5.91 Å². The second kappa shape index (κ2) is 12.6. The van der Waals surface area contributed by atoms with Crippen LogP contribution in [0.15, 0.2) is 103 Å². The van der Waals surface area contributed by atoms with Gasteiger partial charge in [0.2, 0.25) is 11.8 Å². The van der Waals surface area contributed by atoms with Crippen molar-refractivity contribution in [1.82, 2.24) is 20.1 Å². The van der Waals surface area contributed by atoms with Gasteiger partial charge in [-0.2, -0.15) is 0 Å². The van der Waals surface area contributed by atoms with Crippen LogP contribution in [0.5, 0.6) is 0 Å². The number of fused-ring (bicyclic) bond motifs is 1. The van der Waals surface area contributed by atoms with E-state index in [1.165, 1.54) is 17.0 Å². The zero-order valence-corrected chi connectivity index (χ0v) is 23.9. The number of halogens is 1. The molecular formula is C35H31FN4O4. The minimum Gasteiger partial charge on any atom is -0.340 e. The van der Waals surface area contributed by atoms with E-state index >= 15 is 0 Å². The second-order valence-corrected chi connectivity index (χ2v) is 11.2. The molecule has 3 unspecified atom stereocenters. The van der Waals surface area contributed by atoms with Gasteiger partial charge >= 0.3 is 0 Å². The number of ketones is 1. The molecule has 0 saturated carbocycles. The van der Waals surface area contributed by atoms with E-state index in [4.69, 9.17) is 0 Å². The monoisotopic (exact) mass is 590 g/mol. The fourth-order valence-electron chi connectivity index (χ4n) is 6.11. The predicted octanol–water partition coefficient (Wildman–Crippen LogP) is 3.85. The van der Waals surface area contributed by atoms with Gasteiger partial charge in [-0.05, 0) is 59.0 Å². The van der Waals surface area contributed by atoms with E-state index in [2.05, 4.69) is 10.3 Å². The van der Waals surface area contributed by atoms with Crippen LogP contribution in [-0.2, 0) is 27.2 Å². The third-order valence-corrected chi connectivity index (χ3v) is 8.31. The smallest absolute Gasteiger partial charge is 0.251 e. The van der Waals surface area contributed by atoms with E-state index in [1.54, 1.807) is 47.6 Å². The third kappa shape index (κ3) is 6.13. The van der Waals surface area contributed by atoms with E-state index in [-0.39, 0.29) is 37.6 Å². The number of nitrogens with one attached hydrogen (secondary N) is 1. The molecule has 44 heavy (non-hydrogen) atoms. The van der Waals surface area contributed by atoms with Crippen LogP contribution in [0.1, 0.15) is 27.9 Å². The molecule has 4 aromatic rings. The molecule has 2 saturated heterocycles. The van der Waals surface area contributed by atoms with Crippen LogP contribution in [0, 0.1) is 5.82 Å². The van der Waals surface area contributed by atoms with Crippen LogP contribution < -0.4 is 5.32 Å². The summed E-state index contributed by atoms with van der Waals surface area (Å²) in [5, 5.41) is 2.87. The summed E-state index contributed by atoms with van der Waals surface area (Å²) in [5.74, 6) is -1.65. The number of pyridine rings is 1. The summed E-state index contributed by atoms with van der Waals surface area (Å²) in [7, 11) is 0. The van der Waals surface area contributed by atoms with Crippen LogP contribution in [0.2, 0.25) is 0 Å². The molecule has 0 aliphatic carbocycles. The van der Waals surface area contributed by atoms with Crippen LogP contribution >= 0.6 is 0 Å². The van der Waals surface area contributed by atoms with Crippen molar-refractivity contribution in [3.63, 3.8) is 0 Å². The molecule has 3 atom stereocenters. The summed E-state index contributed by atoms with van der Waals surface area (Å²) in [6.45, 7) is 0.207. The van der Waals surface area contributed by atoms with Gasteiger partial charge < -0.3 is 15.1 Å². The molecule has 3 amide bonds. The highest BCUT2D eigenvalue weighted by Crippen LogP contribution is 2.31. The Morgan fingerprint density at radius 2 is 1.59 bits per heavy atom. The molecule has 3 heterocycles. The largest absolute Gasteiger partial charge is 0.340 e. The maximum absolute atomic E-state index is 14.1. The zero-order chi connectivity index (χ0) is 30.6. The SMILES string of the molecule is O=C(NC(Cc1ccc(F)cc1)C(=O)N1CCC2C1C(=O)CN2C(=O)Cc1cccnc1)c1ccc(-c2ccccc2)cc1. The quantitative estimate of drug-likeness (QED) is 0.336. The van der Waals surface area contributed by atoms with Crippen LogP contribution in [0.3, 0.4) is 0 Å². The lowest BCUT2D eigenvalue weighted by Crippen LogP contribution is -2.53. The molecular weight excluding hydrogens is 559 g/mol. The van der Waals surface area contributed by atoms with E-state index in [1.807, 2.05) is 48.5 Å². The third-order valence-electron chi connectivity index (χ3n) is 8.31. The topological polar surface area (TPSA) is 99.7 Å². The fraction of sp³-hybridized carbons (Fsp3) is 0.229. The number of carbonyl (C=O) groups is 4. The number of rotatable bonds is 8. The van der Waals surface area contributed by atoms with E-state index in [9.17, 15) is 23.6 Å². The molecule has 8 nitrogen and oxygen atoms in total. The number of Topliss-reactive ketones (excluding diaryl/α,β-unsaturated/α-hetero) is 1. The molecule has 0 radical (unpaired) electrons. The molecule has 2 aliphatic rings. The summed E-state index contributed by atoms with van der Waals surface area (Å²) >= 11 is 0. The lowest BCUT2D eigenvalue weighted by Gasteiger charge is -2.28. The first-order valence-corrected chi connectivity index (χ1v) is 14.6. The number of amides is 3. The molecule has 2 aliphatic heterocycles. The summed E-state index contributed by atoms with van der Waals surface area (Å²) in [6, 6.07) is 24.0. The number of benzene rings is 3. The average Bonchev–Trinajstić information content (AvgIpc) is 3.63. The van der Waals surface area contributed by atoms with E-state index in [0.29, 0.717) is 17.5 Å². The Bertz CT molecular complexity index is 1660. The average molecular weight is 591 g/mol. The van der Waals surface area contributed by atoms with Crippen molar-refractivity contribution in [3.8, 4) is 11.1 Å². The highest BCUT2D eigenvalue weighted by molar-refractivity contribution is 6.01. The fourth-order valence-corrected chi connectivity index (χ4v) is 6.11. The number of hydrogen-bond acceptors (Lipinski definition) is 5. The number of aromatic nitrogens is 1. The maximum Gasteiger partial charge on any atom is 0.251 e. The van der Waals surface area contributed by atoms with Gasteiger partial charge in [-0.15, -0.1) is 0 Å². The number of hydrogen-bond donors (Lipinski definition) is 1. The lowest BCUT2D eigenvalue weighted by molar-refractivity contribution is -0.138. The van der Waals surface area contributed by atoms with Crippen molar-refractivity contribution in [2.24, 2.45) is 0 Å². The molecule has 0 bridgehead atoms. The summed E-state index contributed by atoms with van der Waals surface area (Å²) < 4.78 is 13.6. The number of likely N-dealkylation sites (tertiary alicyclic amines) is 2. The Kier molecular flexibility index (Phi) is 8.27. The molecule has 1 aromatic heterocycles. The van der Waals surface area contributed by atoms with Crippen molar-refractivity contribution in [3.05, 3.63) is 126 Å². The first-order chi connectivity index (χ1) is 21.4. The first-order valence-electron chi connectivity index (χ1n) is 14.6. The van der Waals surface area contributed by atoms with Gasteiger partial charge in [0, 0.05) is 30.9 Å². The Morgan fingerprint density at radius 3 is 2.30 bits per heavy atom. The minimum atomic E-state index is -1.01. The van der Waals surface area contributed by atoms with Crippen molar-refractivity contribution >= 4 is 23.5 Å². The van der Waals surface area contributed by atoms with Crippen molar-refractivity contribution < 1.29 is 23.6 Å². The standard InChI is InChI=1S/C35H31FN4O4/c36-28-14-8-23(9-15-28)19-29(38-34(43)27-12-10-26(11-13-27)25-6-2-1-3-7-25)35(44)39-18-16-30-33(39)31(41)22-40(30)32(42)20-24-5-4-17-37-21-24/h1-15,17,21,29-30,33H,16,18-20,22H2,(H,38,43). The van der Waals surface area contributed by atoms with Gasteiger partial charge in [0.05, 0.1) is 19.0 Å². The molecule has 2 fully saturated rings. The zero-order valence-electron chi connectivity index (χ0n) is 23.9. The maximum atomic E-state index is 14.1. The van der Waals surface area contributed by atoms with Gasteiger partial charge in [-0.25, -0.2) is 4.39 Å². The van der Waals surface area contributed by atoms with Crippen LogP contribution in [0.25, 0.3) is 11.1 Å². The molecule has 3 aromatic carbocycles. The number of nitrogens with zero attached hydrogens (tertiary/aromatic N) is 3. The van der Waals surface area contributed by atoms with Crippen LogP contribution in [0.4, 0.5) is 4.39 Å². The highest BCUT2D eigenvalue weighted by atomic mass is 19.1. The Balaban J connectivity index is 1.20. The predicted molar refractivity (Wildman–Crippen MR) is 162 cm³/mol. The lowest BCUT2D eigenvalue weighted by atomic mass is 10.0. The number of carbonyl (C=O) groups excluding carboxylic acids is 4. The Morgan fingerprint density at radius 1 is 0.864 bits per heavy atom. The molecule has 9 heteroatoms. The Labute approximate surface area is 254 Å². The summed E-state index contributed by atoms with van der Waals surface area (Å²) in [5.41, 5.74) is 3.75. The normalized spacial score (nSPS) is 18.2. The van der Waals surface area contributed by atoms with Gasteiger partial charge in [0.1, 0.15) is 17.9 Å². The molecule has 222 valence electrons. The molecule has 1 N–H and O–H groups in total. The molecule has 6 rings (SSSR count). The van der Waals surface area contributed by atoms with Gasteiger partial charge in [-0.1, -0.05) is 60.7 Å². The summed E-state index contributed by atoms with van der Waals surface area (Å²) in [4.78, 5) is 61.0. The van der Waals surface area contributed by atoms with Gasteiger partial charge in [-0.3, -0.25) is 24.2 Å². The Hall–Kier alpha value is -5.18. The van der Waals surface area contributed by atoms with Crippen molar-refractivity contribution in [2.45, 2.75) is 37.4 Å². The second-order valence-electron chi connectivity index (χ2n) is 11.2.